The Morgan fingerprint density at radius 2 is 2.00 bits per heavy atom. The zero-order valence-electron chi connectivity index (χ0n) is 12.6. The van der Waals surface area contributed by atoms with Crippen molar-refractivity contribution in [3.05, 3.63) is 11.6 Å². The van der Waals surface area contributed by atoms with Crippen LogP contribution in [0.25, 0.3) is 0 Å². The van der Waals surface area contributed by atoms with Crippen molar-refractivity contribution in [3.8, 4) is 0 Å². The molecule has 3 nitrogen and oxygen atoms in total. The van der Waals surface area contributed by atoms with Crippen LogP contribution in [0.15, 0.2) is 11.6 Å². The summed E-state index contributed by atoms with van der Waals surface area (Å²) < 4.78 is 0. The average Bonchev–Trinajstić information content (AvgIpc) is 3.31. The molecule has 0 aromatic rings. The molecule has 112 valence electrons. The van der Waals surface area contributed by atoms with Crippen LogP contribution >= 0.6 is 0 Å². The van der Waals surface area contributed by atoms with E-state index >= 15 is 0 Å². The molecule has 0 unspecified atom stereocenters. The van der Waals surface area contributed by atoms with Crippen molar-refractivity contribution < 1.29 is 4.79 Å². The fraction of sp³-hybridized carbons (Fsp3) is 0.824. The lowest BCUT2D eigenvalue weighted by Crippen LogP contribution is -2.40. The van der Waals surface area contributed by atoms with E-state index in [1.165, 1.54) is 50.5 Å². The molecule has 1 saturated carbocycles. The van der Waals surface area contributed by atoms with Crippen LogP contribution in [0.3, 0.4) is 0 Å². The minimum atomic E-state index is 0.402. The van der Waals surface area contributed by atoms with Gasteiger partial charge in [-0.1, -0.05) is 11.6 Å². The maximum atomic E-state index is 12.6. The first-order valence-electron chi connectivity index (χ1n) is 8.51. The zero-order valence-corrected chi connectivity index (χ0v) is 12.6. The first-order chi connectivity index (χ1) is 9.83. The summed E-state index contributed by atoms with van der Waals surface area (Å²) in [5.74, 6) is 1.13. The molecule has 1 saturated heterocycles. The molecular formula is C17H28N2O. The van der Waals surface area contributed by atoms with Crippen LogP contribution < -0.4 is 5.32 Å². The summed E-state index contributed by atoms with van der Waals surface area (Å²) in [6, 6.07) is 0.571. The summed E-state index contributed by atoms with van der Waals surface area (Å²) in [4.78, 5) is 14.9. The van der Waals surface area contributed by atoms with Gasteiger partial charge in [-0.05, 0) is 70.4 Å². The van der Waals surface area contributed by atoms with Crippen LogP contribution in [0, 0.1) is 5.92 Å². The number of amides is 1. The van der Waals surface area contributed by atoms with E-state index in [-0.39, 0.29) is 0 Å². The van der Waals surface area contributed by atoms with Gasteiger partial charge < -0.3 is 10.2 Å². The topological polar surface area (TPSA) is 32.3 Å². The normalized spacial score (nSPS) is 24.3. The smallest absolute Gasteiger partial charge is 0.226 e. The predicted molar refractivity (Wildman–Crippen MR) is 81.5 cm³/mol. The fourth-order valence-electron chi connectivity index (χ4n) is 3.54. The molecule has 1 heterocycles. The van der Waals surface area contributed by atoms with Gasteiger partial charge in [0.15, 0.2) is 0 Å². The number of allylic oxidation sites excluding steroid dienone is 1. The number of piperidine rings is 1. The molecular weight excluding hydrogens is 248 g/mol. The number of hydrogen-bond acceptors (Lipinski definition) is 2. The number of nitrogens with zero attached hydrogens (tertiary/aromatic N) is 1. The number of carbonyl (C=O) groups is 1. The van der Waals surface area contributed by atoms with Gasteiger partial charge in [-0.15, -0.1) is 0 Å². The van der Waals surface area contributed by atoms with Gasteiger partial charge in [0.05, 0.1) is 0 Å². The van der Waals surface area contributed by atoms with Crippen molar-refractivity contribution >= 4 is 5.91 Å². The van der Waals surface area contributed by atoms with Crippen molar-refractivity contribution in [1.29, 1.82) is 0 Å². The third-order valence-electron chi connectivity index (χ3n) is 4.98. The summed E-state index contributed by atoms with van der Waals surface area (Å²) in [5, 5.41) is 3.42. The molecule has 0 radical (unpaired) electrons. The lowest BCUT2D eigenvalue weighted by molar-refractivity contribution is -0.131. The lowest BCUT2D eigenvalue weighted by Gasteiger charge is -2.31. The maximum absolute atomic E-state index is 12.6. The maximum Gasteiger partial charge on any atom is 0.226 e. The van der Waals surface area contributed by atoms with Crippen LogP contribution in [0.4, 0.5) is 0 Å². The van der Waals surface area contributed by atoms with Crippen LogP contribution in [-0.4, -0.2) is 36.5 Å². The molecule has 3 heteroatoms. The van der Waals surface area contributed by atoms with Crippen LogP contribution in [0.2, 0.25) is 0 Å². The first-order valence-corrected chi connectivity index (χ1v) is 8.51. The molecule has 0 aromatic carbocycles. The largest absolute Gasteiger partial charge is 0.339 e. The van der Waals surface area contributed by atoms with Gasteiger partial charge in [0, 0.05) is 19.0 Å². The molecule has 1 N–H and O–H groups in total. The number of nitrogens with one attached hydrogen (secondary N) is 1. The Morgan fingerprint density at radius 3 is 2.65 bits per heavy atom. The second-order valence-corrected chi connectivity index (χ2v) is 6.76. The second kappa shape index (κ2) is 6.75. The highest BCUT2D eigenvalue weighted by Crippen LogP contribution is 2.31. The van der Waals surface area contributed by atoms with Crippen LogP contribution in [0.1, 0.15) is 57.8 Å². The number of rotatable bonds is 5. The molecule has 0 bridgehead atoms. The summed E-state index contributed by atoms with van der Waals surface area (Å²) in [6.45, 7) is 3.27. The van der Waals surface area contributed by atoms with E-state index in [1.807, 2.05) is 0 Å². The van der Waals surface area contributed by atoms with Gasteiger partial charge >= 0.3 is 0 Å². The lowest BCUT2D eigenvalue weighted by atomic mass is 9.95. The quantitative estimate of drug-likeness (QED) is 0.783. The molecule has 0 aromatic heterocycles. The van der Waals surface area contributed by atoms with Crippen LogP contribution in [-0.2, 0) is 4.79 Å². The molecule has 1 aliphatic heterocycles. The molecule has 2 aliphatic carbocycles. The minimum Gasteiger partial charge on any atom is -0.339 e. The Kier molecular flexibility index (Phi) is 4.77. The molecule has 20 heavy (non-hydrogen) atoms. The highest BCUT2D eigenvalue weighted by atomic mass is 16.2. The van der Waals surface area contributed by atoms with E-state index in [1.54, 1.807) is 0 Å². The van der Waals surface area contributed by atoms with E-state index in [0.29, 0.717) is 18.4 Å². The van der Waals surface area contributed by atoms with E-state index in [4.69, 9.17) is 0 Å². The Labute approximate surface area is 122 Å². The second-order valence-electron chi connectivity index (χ2n) is 6.76. The third kappa shape index (κ3) is 3.85. The van der Waals surface area contributed by atoms with Gasteiger partial charge in [-0.25, -0.2) is 0 Å². The summed E-state index contributed by atoms with van der Waals surface area (Å²) in [7, 11) is 0. The molecule has 3 rings (SSSR count). The summed E-state index contributed by atoms with van der Waals surface area (Å²) >= 11 is 0. The van der Waals surface area contributed by atoms with Crippen molar-refractivity contribution in [3.63, 3.8) is 0 Å². The fourth-order valence-corrected chi connectivity index (χ4v) is 3.54. The van der Waals surface area contributed by atoms with Crippen molar-refractivity contribution in [2.75, 3.05) is 19.6 Å². The first kappa shape index (κ1) is 14.1. The molecule has 0 atom stereocenters. The predicted octanol–water partition coefficient (Wildman–Crippen LogP) is 2.87. The Morgan fingerprint density at radius 1 is 1.20 bits per heavy atom. The Balaban J connectivity index is 1.55. The van der Waals surface area contributed by atoms with Gasteiger partial charge in [-0.2, -0.15) is 0 Å². The van der Waals surface area contributed by atoms with Gasteiger partial charge in [0.1, 0.15) is 0 Å². The number of carbonyl (C=O) groups excluding carboxylic acids is 1. The third-order valence-corrected chi connectivity index (χ3v) is 4.98. The highest BCUT2D eigenvalue weighted by Gasteiger charge is 2.34. The number of hydrogen-bond donors (Lipinski definition) is 1. The van der Waals surface area contributed by atoms with E-state index in [2.05, 4.69) is 16.3 Å². The van der Waals surface area contributed by atoms with Crippen LogP contribution in [0.5, 0.6) is 0 Å². The Hall–Kier alpha value is -0.830. The average molecular weight is 276 g/mol. The van der Waals surface area contributed by atoms with Gasteiger partial charge in [-0.3, -0.25) is 4.79 Å². The van der Waals surface area contributed by atoms with Gasteiger partial charge in [0.25, 0.3) is 0 Å². The molecule has 2 fully saturated rings. The minimum absolute atomic E-state index is 0.402. The van der Waals surface area contributed by atoms with E-state index < -0.39 is 0 Å². The van der Waals surface area contributed by atoms with E-state index in [0.717, 1.165) is 32.0 Å². The molecule has 3 aliphatic rings. The monoisotopic (exact) mass is 276 g/mol. The zero-order chi connectivity index (χ0) is 13.8. The summed E-state index contributed by atoms with van der Waals surface area (Å²) in [6.07, 6.45) is 12.9. The summed E-state index contributed by atoms with van der Waals surface area (Å²) in [5.41, 5.74) is 1.40. The van der Waals surface area contributed by atoms with Crippen molar-refractivity contribution in [2.45, 2.75) is 63.8 Å². The molecule has 0 spiro atoms. The van der Waals surface area contributed by atoms with Crippen molar-refractivity contribution in [2.24, 2.45) is 5.92 Å². The highest BCUT2D eigenvalue weighted by molar-refractivity contribution is 5.79. The van der Waals surface area contributed by atoms with E-state index in [9.17, 15) is 4.79 Å². The molecule has 1 amide bonds. The van der Waals surface area contributed by atoms with Gasteiger partial charge in [0.2, 0.25) is 5.91 Å². The van der Waals surface area contributed by atoms with Crippen molar-refractivity contribution in [1.82, 2.24) is 10.2 Å². The SMILES string of the molecule is O=C(CC1=CCCCC1)N(CC1CCNCC1)C1CC1. The standard InChI is InChI=1S/C17H28N2O/c20-17(12-14-4-2-1-3-5-14)19(16-6-7-16)13-15-8-10-18-11-9-15/h4,15-16,18H,1-3,5-13H2. The Bertz CT molecular complexity index is 367.